The summed E-state index contributed by atoms with van der Waals surface area (Å²) in [6.45, 7) is 3.39. The van der Waals surface area contributed by atoms with Crippen molar-refractivity contribution in [1.82, 2.24) is 24.6 Å². The smallest absolute Gasteiger partial charge is 0.152 e. The van der Waals surface area contributed by atoms with Crippen molar-refractivity contribution >= 4 is 51.0 Å². The second-order valence-electron chi connectivity index (χ2n) is 7.59. The van der Waals surface area contributed by atoms with E-state index in [1.807, 2.05) is 36.6 Å². The van der Waals surface area contributed by atoms with E-state index in [4.69, 9.17) is 15.5 Å². The summed E-state index contributed by atoms with van der Waals surface area (Å²) in [4.78, 5) is 10.8. The van der Waals surface area contributed by atoms with Gasteiger partial charge in [0.1, 0.15) is 11.3 Å². The van der Waals surface area contributed by atoms with E-state index in [0.717, 1.165) is 66.7 Å². The molecule has 0 fully saturated rings. The summed E-state index contributed by atoms with van der Waals surface area (Å²) in [6.07, 6.45) is 2.87. The van der Waals surface area contributed by atoms with Crippen molar-refractivity contribution in [3.63, 3.8) is 0 Å². The molecular formula is C23H30N6OS2. The Morgan fingerprint density at radius 1 is 1.16 bits per heavy atom. The van der Waals surface area contributed by atoms with Crippen LogP contribution in [0.5, 0.6) is 0 Å². The number of nitrogens with one attached hydrogen (secondary N) is 2. The Morgan fingerprint density at radius 3 is 2.88 bits per heavy atom. The molecule has 4 aromatic rings. The van der Waals surface area contributed by atoms with E-state index in [9.17, 15) is 0 Å². The summed E-state index contributed by atoms with van der Waals surface area (Å²) in [5.74, 6) is 1.49. The molecule has 0 bridgehead atoms. The van der Waals surface area contributed by atoms with Gasteiger partial charge < -0.3 is 20.4 Å². The minimum absolute atomic E-state index is 0.489. The number of imidazole rings is 1. The first-order valence-electron chi connectivity index (χ1n) is 10.9. The Balaban J connectivity index is 1.43. The zero-order chi connectivity index (χ0) is 22.3. The highest BCUT2D eigenvalue weighted by Gasteiger charge is 2.16. The average Bonchev–Trinajstić information content (AvgIpc) is 3.40. The number of methoxy groups -OCH3 is 1. The van der Waals surface area contributed by atoms with Gasteiger partial charge in [0.2, 0.25) is 0 Å². The number of para-hydroxylation sites is 1. The summed E-state index contributed by atoms with van der Waals surface area (Å²) < 4.78 is 12.4. The Hall–Kier alpha value is -2.17. The maximum Gasteiger partial charge on any atom is 0.152 e. The highest BCUT2D eigenvalue weighted by Crippen LogP contribution is 2.29. The third-order valence-corrected chi connectivity index (χ3v) is 7.36. The molecule has 0 aliphatic heterocycles. The SMILES string of the molecule is CNCc1ccc(SNCCCCn2c(CCOC)nc3c(N)nc4ccccc4c32)s1. The number of nitrogen functional groups attached to an aromatic ring is 1. The summed E-state index contributed by atoms with van der Waals surface area (Å²) in [5.41, 5.74) is 9.05. The van der Waals surface area contributed by atoms with Crippen LogP contribution in [-0.4, -0.2) is 41.8 Å². The number of unbranched alkanes of at least 4 members (excludes halogenated alkanes) is 1. The van der Waals surface area contributed by atoms with Gasteiger partial charge >= 0.3 is 0 Å². The molecule has 0 atom stereocenters. The molecule has 0 saturated carbocycles. The Kier molecular flexibility index (Phi) is 7.99. The van der Waals surface area contributed by atoms with E-state index in [1.165, 1.54) is 9.09 Å². The molecule has 4 N–H and O–H groups in total. The van der Waals surface area contributed by atoms with Gasteiger partial charge in [0.25, 0.3) is 0 Å². The van der Waals surface area contributed by atoms with Gasteiger partial charge in [-0.2, -0.15) is 0 Å². The van der Waals surface area contributed by atoms with Gasteiger partial charge in [0, 0.05) is 43.4 Å². The zero-order valence-electron chi connectivity index (χ0n) is 18.6. The molecule has 32 heavy (non-hydrogen) atoms. The molecule has 170 valence electrons. The molecule has 0 aliphatic carbocycles. The van der Waals surface area contributed by atoms with Crippen molar-refractivity contribution in [2.24, 2.45) is 0 Å². The number of ether oxygens (including phenoxy) is 1. The number of nitrogens with two attached hydrogens (primary N) is 1. The zero-order valence-corrected chi connectivity index (χ0v) is 20.2. The van der Waals surface area contributed by atoms with E-state index in [2.05, 4.69) is 37.8 Å². The van der Waals surface area contributed by atoms with Crippen LogP contribution in [-0.2, 0) is 24.2 Å². The third-order valence-electron chi connectivity index (χ3n) is 5.29. The van der Waals surface area contributed by atoms with Gasteiger partial charge in [-0.1, -0.05) is 18.2 Å². The van der Waals surface area contributed by atoms with Crippen molar-refractivity contribution in [2.45, 2.75) is 36.6 Å². The molecule has 1 aromatic carbocycles. The van der Waals surface area contributed by atoms with E-state index in [0.29, 0.717) is 12.4 Å². The van der Waals surface area contributed by atoms with Crippen LogP contribution in [0.1, 0.15) is 23.5 Å². The number of aromatic nitrogens is 3. The number of fused-ring (bicyclic) bond motifs is 3. The molecule has 9 heteroatoms. The van der Waals surface area contributed by atoms with Crippen LogP contribution in [0.3, 0.4) is 0 Å². The van der Waals surface area contributed by atoms with E-state index < -0.39 is 0 Å². The Bertz CT molecular complexity index is 1170. The predicted octanol–water partition coefficient (Wildman–Crippen LogP) is 4.21. The summed E-state index contributed by atoms with van der Waals surface area (Å²) in [5, 5.41) is 4.29. The predicted molar refractivity (Wildman–Crippen MR) is 135 cm³/mol. The van der Waals surface area contributed by atoms with Crippen molar-refractivity contribution in [3.8, 4) is 0 Å². The summed E-state index contributed by atoms with van der Waals surface area (Å²) >= 11 is 3.54. The van der Waals surface area contributed by atoms with Crippen LogP contribution < -0.4 is 15.8 Å². The molecule has 4 rings (SSSR count). The van der Waals surface area contributed by atoms with Crippen molar-refractivity contribution in [3.05, 3.63) is 47.1 Å². The van der Waals surface area contributed by atoms with Gasteiger partial charge in [-0.25, -0.2) is 9.97 Å². The van der Waals surface area contributed by atoms with E-state index >= 15 is 0 Å². The number of nitrogens with zero attached hydrogens (tertiary/aromatic N) is 3. The number of rotatable bonds is 12. The Labute approximate surface area is 196 Å². The van der Waals surface area contributed by atoms with Gasteiger partial charge in [-0.3, -0.25) is 4.72 Å². The lowest BCUT2D eigenvalue weighted by Crippen LogP contribution is -2.10. The van der Waals surface area contributed by atoms with E-state index in [-0.39, 0.29) is 0 Å². The topological polar surface area (TPSA) is 90.0 Å². The normalized spacial score (nSPS) is 11.7. The third kappa shape index (κ3) is 5.24. The minimum Gasteiger partial charge on any atom is -0.384 e. The number of hydrogen-bond donors (Lipinski definition) is 3. The highest BCUT2D eigenvalue weighted by atomic mass is 32.2. The molecule has 3 aromatic heterocycles. The fraction of sp³-hybridized carbons (Fsp3) is 0.391. The quantitative estimate of drug-likeness (QED) is 0.211. The van der Waals surface area contributed by atoms with Crippen LogP contribution in [0, 0.1) is 0 Å². The van der Waals surface area contributed by atoms with Crippen molar-refractivity contribution in [2.75, 3.05) is 33.0 Å². The number of thiophene rings is 1. The number of aryl methyl sites for hydroxylation is 1. The first kappa shape index (κ1) is 23.0. The van der Waals surface area contributed by atoms with Gasteiger partial charge in [0.05, 0.1) is 21.8 Å². The number of benzene rings is 1. The summed E-state index contributed by atoms with van der Waals surface area (Å²) in [6, 6.07) is 12.5. The first-order valence-corrected chi connectivity index (χ1v) is 12.5. The van der Waals surface area contributed by atoms with Crippen LogP contribution in [0.2, 0.25) is 0 Å². The van der Waals surface area contributed by atoms with Gasteiger partial charge in [0.15, 0.2) is 5.82 Å². The first-order chi connectivity index (χ1) is 15.7. The molecule has 0 radical (unpaired) electrons. The lowest BCUT2D eigenvalue weighted by Gasteiger charge is -2.11. The number of anilines is 1. The Morgan fingerprint density at radius 2 is 2.03 bits per heavy atom. The monoisotopic (exact) mass is 470 g/mol. The standard InChI is InChI=1S/C23H30N6OS2/c1-25-15-16-9-10-20(31-16)32-26-12-5-6-13-29-19(11-14-30-2)28-21-22(29)17-7-3-4-8-18(17)27-23(21)24/h3-4,7-10,25-26H,5-6,11-15H2,1-2H3,(H2,24,27). The second-order valence-corrected chi connectivity index (χ2v) is 9.95. The van der Waals surface area contributed by atoms with Crippen LogP contribution in [0.15, 0.2) is 40.6 Å². The fourth-order valence-corrected chi connectivity index (χ4v) is 5.74. The lowest BCUT2D eigenvalue weighted by atomic mass is 10.2. The van der Waals surface area contributed by atoms with Crippen LogP contribution in [0.25, 0.3) is 21.9 Å². The minimum atomic E-state index is 0.489. The maximum atomic E-state index is 6.27. The van der Waals surface area contributed by atoms with E-state index in [1.54, 1.807) is 19.1 Å². The van der Waals surface area contributed by atoms with Crippen molar-refractivity contribution < 1.29 is 4.74 Å². The van der Waals surface area contributed by atoms with Gasteiger partial charge in [-0.15, -0.1) is 11.3 Å². The van der Waals surface area contributed by atoms with Crippen LogP contribution in [0.4, 0.5) is 5.82 Å². The maximum absolute atomic E-state index is 6.27. The second kappa shape index (κ2) is 11.1. The highest BCUT2D eigenvalue weighted by molar-refractivity contribution is 7.99. The molecule has 0 saturated heterocycles. The molecule has 3 heterocycles. The number of pyridine rings is 1. The number of hydrogen-bond acceptors (Lipinski definition) is 8. The molecular weight excluding hydrogens is 440 g/mol. The largest absolute Gasteiger partial charge is 0.384 e. The van der Waals surface area contributed by atoms with Crippen LogP contribution >= 0.6 is 23.3 Å². The molecule has 0 spiro atoms. The van der Waals surface area contributed by atoms with Gasteiger partial charge in [-0.05, 0) is 50.0 Å². The molecule has 7 nitrogen and oxygen atoms in total. The molecule has 0 aliphatic rings. The lowest BCUT2D eigenvalue weighted by molar-refractivity contribution is 0.199. The van der Waals surface area contributed by atoms with Crippen molar-refractivity contribution in [1.29, 1.82) is 0 Å². The average molecular weight is 471 g/mol. The fourth-order valence-electron chi connectivity index (χ4n) is 3.80. The molecule has 0 amide bonds. The summed E-state index contributed by atoms with van der Waals surface area (Å²) in [7, 11) is 3.69. The molecule has 0 unspecified atom stereocenters.